The molecule has 0 spiro atoms. The number of carbonyl (C=O) groups excluding carboxylic acids is 2. The highest BCUT2D eigenvalue weighted by molar-refractivity contribution is 9.10. The molecule has 0 radical (unpaired) electrons. The maximum absolute atomic E-state index is 12.7. The second-order valence-corrected chi connectivity index (χ2v) is 8.09. The fourth-order valence-electron chi connectivity index (χ4n) is 3.65. The van der Waals surface area contributed by atoms with Crippen LogP contribution >= 0.6 is 15.9 Å². The van der Waals surface area contributed by atoms with Gasteiger partial charge in [0.05, 0.1) is 11.7 Å². The largest absolute Gasteiger partial charge is 0.349 e. The molecule has 0 unspecified atom stereocenters. The predicted molar refractivity (Wildman–Crippen MR) is 105 cm³/mol. The van der Waals surface area contributed by atoms with Crippen molar-refractivity contribution in [3.05, 3.63) is 28.6 Å². The molecule has 2 amide bonds. The van der Waals surface area contributed by atoms with E-state index in [1.54, 1.807) is 31.3 Å². The van der Waals surface area contributed by atoms with Crippen LogP contribution < -0.4 is 5.32 Å². The van der Waals surface area contributed by atoms with Gasteiger partial charge in [-0.3, -0.25) is 9.59 Å². The van der Waals surface area contributed by atoms with E-state index in [9.17, 15) is 9.59 Å². The summed E-state index contributed by atoms with van der Waals surface area (Å²) in [6.45, 7) is 0. The Labute approximate surface area is 161 Å². The van der Waals surface area contributed by atoms with Crippen LogP contribution in [-0.4, -0.2) is 46.8 Å². The molecule has 1 aliphatic rings. The van der Waals surface area contributed by atoms with Crippen LogP contribution in [0.1, 0.15) is 49.0 Å². The summed E-state index contributed by atoms with van der Waals surface area (Å²) in [7, 11) is 3.46. The number of nitrogens with zero attached hydrogens (tertiary/aromatic N) is 2. The lowest BCUT2D eigenvalue weighted by Crippen LogP contribution is -2.47. The minimum Gasteiger partial charge on any atom is -0.349 e. The van der Waals surface area contributed by atoms with Gasteiger partial charge in [-0.15, -0.1) is 0 Å². The SMILES string of the molecule is CN(C)C(=O)[C@H](CC1CCCCC1)NC(=O)c1cc2cc(Br)ncc2[nH]1. The van der Waals surface area contributed by atoms with Crippen LogP contribution in [0.5, 0.6) is 0 Å². The average molecular weight is 421 g/mol. The Morgan fingerprint density at radius 3 is 2.73 bits per heavy atom. The monoisotopic (exact) mass is 420 g/mol. The Morgan fingerprint density at radius 1 is 1.31 bits per heavy atom. The van der Waals surface area contributed by atoms with E-state index in [0.717, 1.165) is 23.7 Å². The molecule has 0 aromatic carbocycles. The van der Waals surface area contributed by atoms with Gasteiger partial charge in [-0.1, -0.05) is 32.1 Å². The first-order valence-electron chi connectivity index (χ1n) is 9.10. The van der Waals surface area contributed by atoms with Gasteiger partial charge < -0.3 is 15.2 Å². The van der Waals surface area contributed by atoms with Gasteiger partial charge >= 0.3 is 0 Å². The minimum absolute atomic E-state index is 0.0514. The van der Waals surface area contributed by atoms with Crippen molar-refractivity contribution in [3.63, 3.8) is 0 Å². The number of hydrogen-bond acceptors (Lipinski definition) is 3. The van der Waals surface area contributed by atoms with Crippen molar-refractivity contribution >= 4 is 38.6 Å². The number of nitrogens with one attached hydrogen (secondary N) is 2. The van der Waals surface area contributed by atoms with Gasteiger partial charge in [-0.25, -0.2) is 4.98 Å². The molecule has 3 rings (SSSR count). The van der Waals surface area contributed by atoms with Crippen molar-refractivity contribution in [2.24, 2.45) is 5.92 Å². The van der Waals surface area contributed by atoms with Crippen LogP contribution in [0.3, 0.4) is 0 Å². The van der Waals surface area contributed by atoms with E-state index in [2.05, 4.69) is 31.2 Å². The maximum Gasteiger partial charge on any atom is 0.268 e. The quantitative estimate of drug-likeness (QED) is 0.726. The molecule has 2 N–H and O–H groups in total. The summed E-state index contributed by atoms with van der Waals surface area (Å²) in [4.78, 5) is 34.1. The fraction of sp³-hybridized carbons (Fsp3) is 0.526. The van der Waals surface area contributed by atoms with Crippen molar-refractivity contribution in [1.29, 1.82) is 0 Å². The minimum atomic E-state index is -0.489. The summed E-state index contributed by atoms with van der Waals surface area (Å²) in [5.41, 5.74) is 1.24. The van der Waals surface area contributed by atoms with Crippen molar-refractivity contribution in [3.8, 4) is 0 Å². The van der Waals surface area contributed by atoms with Crippen molar-refractivity contribution < 1.29 is 9.59 Å². The second-order valence-electron chi connectivity index (χ2n) is 7.28. The van der Waals surface area contributed by atoms with Crippen molar-refractivity contribution in [1.82, 2.24) is 20.2 Å². The zero-order valence-corrected chi connectivity index (χ0v) is 16.8. The fourth-order valence-corrected chi connectivity index (χ4v) is 4.00. The number of aromatic nitrogens is 2. The first-order chi connectivity index (χ1) is 12.4. The molecule has 2 aromatic rings. The molecule has 0 bridgehead atoms. The third-order valence-electron chi connectivity index (χ3n) is 5.05. The molecular weight excluding hydrogens is 396 g/mol. The molecule has 1 saturated carbocycles. The van der Waals surface area contributed by atoms with Gasteiger partial charge in [-0.05, 0) is 40.4 Å². The van der Waals surface area contributed by atoms with Crippen LogP contribution in [0.25, 0.3) is 10.9 Å². The lowest BCUT2D eigenvalue weighted by Gasteiger charge is -2.28. The van der Waals surface area contributed by atoms with Gasteiger partial charge in [0, 0.05) is 19.5 Å². The van der Waals surface area contributed by atoms with Crippen LogP contribution in [0, 0.1) is 5.92 Å². The Kier molecular flexibility index (Phi) is 5.96. The van der Waals surface area contributed by atoms with E-state index in [1.807, 2.05) is 6.07 Å². The molecule has 6 nitrogen and oxygen atoms in total. The normalized spacial score (nSPS) is 16.4. The number of hydrogen-bond donors (Lipinski definition) is 2. The molecule has 2 aromatic heterocycles. The van der Waals surface area contributed by atoms with E-state index < -0.39 is 6.04 Å². The van der Waals surface area contributed by atoms with Gasteiger partial charge in [0.2, 0.25) is 5.91 Å². The molecular formula is C19H25BrN4O2. The number of H-pyrrole nitrogens is 1. The third kappa shape index (κ3) is 4.44. The Balaban J connectivity index is 1.75. The lowest BCUT2D eigenvalue weighted by atomic mass is 9.84. The highest BCUT2D eigenvalue weighted by atomic mass is 79.9. The van der Waals surface area contributed by atoms with Gasteiger partial charge in [-0.2, -0.15) is 0 Å². The summed E-state index contributed by atoms with van der Waals surface area (Å²) >= 11 is 3.33. The van der Waals surface area contributed by atoms with E-state index in [-0.39, 0.29) is 11.8 Å². The maximum atomic E-state index is 12.7. The molecule has 2 heterocycles. The molecule has 140 valence electrons. The molecule has 26 heavy (non-hydrogen) atoms. The smallest absolute Gasteiger partial charge is 0.268 e. The van der Waals surface area contributed by atoms with Crippen LogP contribution in [0.15, 0.2) is 22.9 Å². The first kappa shape index (κ1) is 18.9. The van der Waals surface area contributed by atoms with E-state index in [4.69, 9.17) is 0 Å². The number of likely N-dealkylation sites (N-methyl/N-ethyl adjacent to an activating group) is 1. The topological polar surface area (TPSA) is 78.1 Å². The zero-order chi connectivity index (χ0) is 18.7. The lowest BCUT2D eigenvalue weighted by molar-refractivity contribution is -0.131. The molecule has 0 aliphatic heterocycles. The van der Waals surface area contributed by atoms with Crippen molar-refractivity contribution in [2.45, 2.75) is 44.6 Å². The number of fused-ring (bicyclic) bond motifs is 1. The highest BCUT2D eigenvalue weighted by Gasteiger charge is 2.27. The highest BCUT2D eigenvalue weighted by Crippen LogP contribution is 2.28. The number of aromatic amines is 1. The standard InChI is InChI=1S/C19H25BrN4O2/c1-24(2)19(26)15(8-12-6-4-3-5-7-12)23-18(25)14-9-13-10-17(20)21-11-16(13)22-14/h9-12,15,22H,3-8H2,1-2H3,(H,23,25)/t15-/m0/s1. The van der Waals surface area contributed by atoms with Crippen LogP contribution in [-0.2, 0) is 4.79 Å². The molecule has 7 heteroatoms. The van der Waals surface area contributed by atoms with E-state index >= 15 is 0 Å². The van der Waals surface area contributed by atoms with E-state index in [0.29, 0.717) is 22.6 Å². The summed E-state index contributed by atoms with van der Waals surface area (Å²) in [5.74, 6) is 0.193. The number of amides is 2. The summed E-state index contributed by atoms with van der Waals surface area (Å²) < 4.78 is 0.717. The van der Waals surface area contributed by atoms with Gasteiger partial charge in [0.1, 0.15) is 16.3 Å². The molecule has 1 atom stereocenters. The van der Waals surface area contributed by atoms with Crippen LogP contribution in [0.4, 0.5) is 0 Å². The molecule has 1 aliphatic carbocycles. The van der Waals surface area contributed by atoms with Crippen molar-refractivity contribution in [2.75, 3.05) is 14.1 Å². The zero-order valence-electron chi connectivity index (χ0n) is 15.2. The Morgan fingerprint density at radius 2 is 2.04 bits per heavy atom. The number of halogens is 1. The average Bonchev–Trinajstić information content (AvgIpc) is 3.04. The van der Waals surface area contributed by atoms with E-state index in [1.165, 1.54) is 19.3 Å². The van der Waals surface area contributed by atoms with Gasteiger partial charge in [0.25, 0.3) is 5.91 Å². The summed E-state index contributed by atoms with van der Waals surface area (Å²) in [5, 5.41) is 3.85. The second kappa shape index (κ2) is 8.20. The Bertz CT molecular complexity index is 796. The number of pyridine rings is 1. The Hall–Kier alpha value is -1.89. The summed E-state index contributed by atoms with van der Waals surface area (Å²) in [6.07, 6.45) is 8.36. The summed E-state index contributed by atoms with van der Waals surface area (Å²) in [6, 6.07) is 3.15. The molecule has 0 saturated heterocycles. The predicted octanol–water partition coefficient (Wildman–Crippen LogP) is 3.48. The number of rotatable bonds is 5. The first-order valence-corrected chi connectivity index (χ1v) is 9.89. The number of carbonyl (C=O) groups is 2. The molecule has 1 fully saturated rings. The van der Waals surface area contributed by atoms with Gasteiger partial charge in [0.15, 0.2) is 0 Å². The van der Waals surface area contributed by atoms with Crippen LogP contribution in [0.2, 0.25) is 0 Å². The third-order valence-corrected chi connectivity index (χ3v) is 5.49.